The molecule has 1 saturated heterocycles. The zero-order valence-corrected chi connectivity index (χ0v) is 17.0. The maximum atomic E-state index is 12.8. The number of benzene rings is 1. The second-order valence-electron chi connectivity index (χ2n) is 6.79. The molecule has 0 unspecified atom stereocenters. The molecule has 4 amide bonds. The summed E-state index contributed by atoms with van der Waals surface area (Å²) >= 11 is 0. The Hall–Kier alpha value is -4.40. The van der Waals surface area contributed by atoms with Gasteiger partial charge in [-0.05, 0) is 49.4 Å². The van der Waals surface area contributed by atoms with Gasteiger partial charge in [0.05, 0.1) is 25.0 Å². The number of imide groups is 2. The van der Waals surface area contributed by atoms with Gasteiger partial charge in [0, 0.05) is 5.56 Å². The number of nitrogens with one attached hydrogen (secondary N) is 1. The lowest BCUT2D eigenvalue weighted by Gasteiger charge is -2.25. The predicted molar refractivity (Wildman–Crippen MR) is 111 cm³/mol. The fourth-order valence-corrected chi connectivity index (χ4v) is 3.11. The highest BCUT2D eigenvalue weighted by atomic mass is 16.5. The van der Waals surface area contributed by atoms with E-state index in [1.807, 2.05) is 0 Å². The van der Waals surface area contributed by atoms with Crippen LogP contribution in [0.25, 0.3) is 17.4 Å². The van der Waals surface area contributed by atoms with Gasteiger partial charge < -0.3 is 13.6 Å². The van der Waals surface area contributed by atoms with E-state index in [0.29, 0.717) is 22.6 Å². The fraction of sp³-hybridized carbons (Fsp3) is 0.130. The quantitative estimate of drug-likeness (QED) is 0.359. The van der Waals surface area contributed by atoms with E-state index in [1.54, 1.807) is 55.5 Å². The first-order valence-electron chi connectivity index (χ1n) is 9.75. The maximum Gasteiger partial charge on any atom is 0.338 e. The second-order valence-corrected chi connectivity index (χ2v) is 6.79. The molecule has 3 aromatic rings. The summed E-state index contributed by atoms with van der Waals surface area (Å²) in [6, 6.07) is 12.3. The van der Waals surface area contributed by atoms with Crippen molar-refractivity contribution >= 4 is 29.9 Å². The van der Waals surface area contributed by atoms with E-state index in [4.69, 9.17) is 13.6 Å². The predicted octanol–water partition coefficient (Wildman–Crippen LogP) is 3.38. The molecule has 4 rings (SSSR count). The van der Waals surface area contributed by atoms with E-state index in [-0.39, 0.29) is 24.5 Å². The lowest BCUT2D eigenvalue weighted by molar-refractivity contribution is -0.130. The Morgan fingerprint density at radius 3 is 2.56 bits per heavy atom. The number of nitrogens with zero attached hydrogens (tertiary/aromatic N) is 1. The Morgan fingerprint density at radius 2 is 1.88 bits per heavy atom. The number of carbonyl (C=O) groups excluding carboxylic acids is 4. The Labute approximate surface area is 182 Å². The third kappa shape index (κ3) is 4.22. The van der Waals surface area contributed by atoms with Crippen molar-refractivity contribution < 1.29 is 32.7 Å². The van der Waals surface area contributed by atoms with Crippen LogP contribution in [-0.2, 0) is 20.9 Å². The summed E-state index contributed by atoms with van der Waals surface area (Å²) in [5.74, 6) is -0.868. The molecule has 0 radical (unpaired) electrons. The van der Waals surface area contributed by atoms with Crippen LogP contribution in [0.15, 0.2) is 69.2 Å². The minimum atomic E-state index is -0.824. The first-order chi connectivity index (χ1) is 15.5. The Kier molecular flexibility index (Phi) is 5.71. The van der Waals surface area contributed by atoms with Gasteiger partial charge in [-0.1, -0.05) is 12.1 Å². The molecule has 0 bridgehead atoms. The molecule has 9 heteroatoms. The van der Waals surface area contributed by atoms with Crippen LogP contribution in [-0.4, -0.2) is 35.3 Å². The molecule has 1 aliphatic rings. The van der Waals surface area contributed by atoms with Crippen molar-refractivity contribution in [2.75, 3.05) is 6.61 Å². The fourth-order valence-electron chi connectivity index (χ4n) is 3.11. The van der Waals surface area contributed by atoms with Gasteiger partial charge in [-0.15, -0.1) is 0 Å². The van der Waals surface area contributed by atoms with E-state index < -0.39 is 23.8 Å². The smallest absolute Gasteiger partial charge is 0.338 e. The maximum absolute atomic E-state index is 12.8. The number of esters is 1. The van der Waals surface area contributed by atoms with Crippen LogP contribution in [0.1, 0.15) is 28.8 Å². The second kappa shape index (κ2) is 8.76. The number of urea groups is 1. The average molecular weight is 434 g/mol. The average Bonchev–Trinajstić information content (AvgIpc) is 3.47. The zero-order chi connectivity index (χ0) is 22.7. The molecule has 0 atom stereocenters. The van der Waals surface area contributed by atoms with Crippen LogP contribution in [0, 0.1) is 0 Å². The summed E-state index contributed by atoms with van der Waals surface area (Å²) in [6.07, 6.45) is 2.70. The van der Waals surface area contributed by atoms with Gasteiger partial charge in [-0.2, -0.15) is 0 Å². The summed E-state index contributed by atoms with van der Waals surface area (Å²) in [5, 5.41) is 2.14. The van der Waals surface area contributed by atoms with E-state index in [0.717, 1.165) is 4.90 Å². The van der Waals surface area contributed by atoms with Gasteiger partial charge >= 0.3 is 12.0 Å². The van der Waals surface area contributed by atoms with Crippen LogP contribution < -0.4 is 5.32 Å². The monoisotopic (exact) mass is 434 g/mol. The Bertz CT molecular complexity index is 1200. The van der Waals surface area contributed by atoms with Gasteiger partial charge in [-0.3, -0.25) is 19.8 Å². The first kappa shape index (κ1) is 20.9. The minimum absolute atomic E-state index is 0.113. The number of ether oxygens (including phenoxy) is 1. The molecule has 1 N–H and O–H groups in total. The lowest BCUT2D eigenvalue weighted by Crippen LogP contribution is -2.53. The molecular formula is C23H18N2O7. The van der Waals surface area contributed by atoms with Crippen molar-refractivity contribution in [1.29, 1.82) is 0 Å². The number of hydrogen-bond donors (Lipinski definition) is 1. The van der Waals surface area contributed by atoms with Crippen LogP contribution in [0.2, 0.25) is 0 Å². The largest absolute Gasteiger partial charge is 0.467 e. The summed E-state index contributed by atoms with van der Waals surface area (Å²) in [5.41, 5.74) is 0.863. The molecule has 32 heavy (non-hydrogen) atoms. The molecule has 1 aromatic carbocycles. The van der Waals surface area contributed by atoms with Crippen molar-refractivity contribution in [3.8, 4) is 11.3 Å². The van der Waals surface area contributed by atoms with Gasteiger partial charge in [-0.25, -0.2) is 9.59 Å². The van der Waals surface area contributed by atoms with E-state index in [2.05, 4.69) is 5.32 Å². The van der Waals surface area contributed by atoms with E-state index in [1.165, 1.54) is 12.3 Å². The summed E-state index contributed by atoms with van der Waals surface area (Å²) in [4.78, 5) is 49.7. The number of amides is 4. The zero-order valence-electron chi connectivity index (χ0n) is 17.0. The highest BCUT2D eigenvalue weighted by Crippen LogP contribution is 2.25. The third-order valence-electron chi connectivity index (χ3n) is 4.67. The first-order valence-corrected chi connectivity index (χ1v) is 9.75. The number of furan rings is 2. The molecule has 1 aliphatic heterocycles. The third-order valence-corrected chi connectivity index (χ3v) is 4.67. The number of carbonyl (C=O) groups is 4. The summed E-state index contributed by atoms with van der Waals surface area (Å²) in [6.45, 7) is 1.90. The van der Waals surface area contributed by atoms with E-state index in [9.17, 15) is 19.2 Å². The van der Waals surface area contributed by atoms with E-state index >= 15 is 0 Å². The van der Waals surface area contributed by atoms with Crippen molar-refractivity contribution in [2.24, 2.45) is 0 Å². The molecule has 3 heterocycles. The van der Waals surface area contributed by atoms with Crippen molar-refractivity contribution in [3.63, 3.8) is 0 Å². The van der Waals surface area contributed by atoms with Crippen LogP contribution >= 0.6 is 0 Å². The highest BCUT2D eigenvalue weighted by Gasteiger charge is 2.36. The van der Waals surface area contributed by atoms with Crippen molar-refractivity contribution in [1.82, 2.24) is 10.2 Å². The Balaban J connectivity index is 1.55. The highest BCUT2D eigenvalue weighted by molar-refractivity contribution is 6.30. The van der Waals surface area contributed by atoms with Gasteiger partial charge in [0.1, 0.15) is 22.9 Å². The van der Waals surface area contributed by atoms with Gasteiger partial charge in [0.25, 0.3) is 11.8 Å². The van der Waals surface area contributed by atoms with Crippen molar-refractivity contribution in [3.05, 3.63) is 77.5 Å². The van der Waals surface area contributed by atoms with Crippen LogP contribution in [0.4, 0.5) is 4.79 Å². The van der Waals surface area contributed by atoms with Gasteiger partial charge in [0.2, 0.25) is 0 Å². The molecule has 0 saturated carbocycles. The molecular weight excluding hydrogens is 416 g/mol. The molecule has 9 nitrogen and oxygen atoms in total. The van der Waals surface area contributed by atoms with Crippen LogP contribution in [0.3, 0.4) is 0 Å². The topological polar surface area (TPSA) is 119 Å². The number of hydrogen-bond acceptors (Lipinski definition) is 7. The molecule has 2 aromatic heterocycles. The molecule has 0 aliphatic carbocycles. The van der Waals surface area contributed by atoms with Crippen molar-refractivity contribution in [2.45, 2.75) is 13.5 Å². The SMILES string of the molecule is CCOC(=O)c1ccc(-c2ccc(/C=C3/C(=O)NC(=O)N(Cc4ccco4)C3=O)o2)cc1. The Morgan fingerprint density at radius 1 is 1.09 bits per heavy atom. The minimum Gasteiger partial charge on any atom is -0.467 e. The summed E-state index contributed by atoms with van der Waals surface area (Å²) < 4.78 is 15.9. The van der Waals surface area contributed by atoms with Gasteiger partial charge in [0.15, 0.2) is 0 Å². The normalized spacial score (nSPS) is 15.2. The van der Waals surface area contributed by atoms with Crippen LogP contribution in [0.5, 0.6) is 0 Å². The standard InChI is InChI=1S/C23H18N2O7/c1-2-30-22(28)15-7-5-14(6-8-15)19-10-9-16(32-19)12-18-20(26)24-23(29)25(21(18)27)13-17-4-3-11-31-17/h3-12H,2,13H2,1H3,(H,24,26,29)/b18-12-. The molecule has 162 valence electrons. The summed E-state index contributed by atoms with van der Waals surface area (Å²) in [7, 11) is 0. The number of barbiturate groups is 1. The molecule has 0 spiro atoms. The lowest BCUT2D eigenvalue weighted by atomic mass is 10.1. The number of rotatable bonds is 6. The molecule has 1 fully saturated rings.